The summed E-state index contributed by atoms with van der Waals surface area (Å²) in [6, 6.07) is 2.43. The second-order valence-electron chi connectivity index (χ2n) is 6.46. The van der Waals surface area contributed by atoms with E-state index in [4.69, 9.17) is 0 Å². The van der Waals surface area contributed by atoms with Crippen LogP contribution < -0.4 is 0 Å². The summed E-state index contributed by atoms with van der Waals surface area (Å²) in [5.41, 5.74) is 0.964. The molecule has 0 atom stereocenters. The maximum atomic E-state index is 13.6. The number of nitrogens with zero attached hydrogens (tertiary/aromatic N) is 1. The van der Waals surface area contributed by atoms with Gasteiger partial charge in [-0.25, -0.2) is 4.39 Å². The molecule has 1 aliphatic heterocycles. The van der Waals surface area contributed by atoms with Crippen molar-refractivity contribution in [3.8, 4) is 5.75 Å². The van der Waals surface area contributed by atoms with Crippen LogP contribution in [0.5, 0.6) is 5.75 Å². The lowest BCUT2D eigenvalue weighted by atomic mass is 9.78. The van der Waals surface area contributed by atoms with Crippen molar-refractivity contribution in [2.24, 2.45) is 5.41 Å². The van der Waals surface area contributed by atoms with Gasteiger partial charge in [0, 0.05) is 12.1 Å². The number of benzene rings is 1. The Balaban J connectivity index is 2.12. The number of carbonyl (C=O) groups is 1. The third-order valence-electron chi connectivity index (χ3n) is 4.84. The zero-order chi connectivity index (χ0) is 15.6. The number of piperidine rings is 1. The van der Waals surface area contributed by atoms with Gasteiger partial charge in [-0.1, -0.05) is 20.3 Å². The summed E-state index contributed by atoms with van der Waals surface area (Å²) < 4.78 is 13.6. The normalized spacial score (nSPS) is 18.7. The van der Waals surface area contributed by atoms with Crippen LogP contribution in [0.3, 0.4) is 0 Å². The molecule has 1 heterocycles. The van der Waals surface area contributed by atoms with E-state index in [0.29, 0.717) is 17.5 Å². The van der Waals surface area contributed by atoms with Gasteiger partial charge < -0.3 is 5.11 Å². The largest absolute Gasteiger partial charge is 0.507 e. The van der Waals surface area contributed by atoms with Gasteiger partial charge >= 0.3 is 0 Å². The molecule has 0 aromatic heterocycles. The standard InChI is InChI=1S/C17H24FNO2/c1-4-17(3)5-7-19(8-6-17)11-13-9-14(18)10-15(12(2)20)16(13)21/h9-10,21H,4-8,11H2,1-3H3. The number of rotatable bonds is 4. The zero-order valence-corrected chi connectivity index (χ0v) is 13.1. The number of phenols is 1. The second kappa shape index (κ2) is 6.14. The highest BCUT2D eigenvalue weighted by Crippen LogP contribution is 2.35. The maximum absolute atomic E-state index is 13.6. The molecule has 1 aromatic carbocycles. The number of phenolic OH excluding ortho intramolecular Hbond substituents is 1. The Hall–Kier alpha value is -1.42. The number of halogens is 1. The van der Waals surface area contributed by atoms with E-state index in [-0.39, 0.29) is 17.1 Å². The number of Topliss-reactive ketones (excluding diaryl/α,β-unsaturated/α-hetero) is 1. The molecule has 1 aromatic rings. The number of aromatic hydroxyl groups is 1. The molecular formula is C17H24FNO2. The smallest absolute Gasteiger partial charge is 0.163 e. The molecule has 0 amide bonds. The lowest BCUT2D eigenvalue weighted by Crippen LogP contribution is -2.38. The fraction of sp³-hybridized carbons (Fsp3) is 0.588. The first-order chi connectivity index (χ1) is 9.84. The Labute approximate surface area is 125 Å². The molecular weight excluding hydrogens is 269 g/mol. The van der Waals surface area contributed by atoms with Gasteiger partial charge in [0.1, 0.15) is 11.6 Å². The molecule has 0 radical (unpaired) electrons. The minimum atomic E-state index is -0.469. The summed E-state index contributed by atoms with van der Waals surface area (Å²) in [5.74, 6) is -0.860. The first-order valence-corrected chi connectivity index (χ1v) is 7.59. The van der Waals surface area contributed by atoms with E-state index < -0.39 is 5.82 Å². The van der Waals surface area contributed by atoms with Gasteiger partial charge in [-0.05, 0) is 50.4 Å². The quantitative estimate of drug-likeness (QED) is 0.860. The molecule has 0 saturated carbocycles. The molecule has 0 spiro atoms. The molecule has 4 heteroatoms. The zero-order valence-electron chi connectivity index (χ0n) is 13.1. The number of ketones is 1. The van der Waals surface area contributed by atoms with Crippen LogP contribution in [0, 0.1) is 11.2 Å². The summed E-state index contributed by atoms with van der Waals surface area (Å²) in [7, 11) is 0. The highest BCUT2D eigenvalue weighted by atomic mass is 19.1. The third kappa shape index (κ3) is 3.62. The van der Waals surface area contributed by atoms with Crippen molar-refractivity contribution < 1.29 is 14.3 Å². The van der Waals surface area contributed by atoms with Crippen LogP contribution in [0.4, 0.5) is 4.39 Å². The monoisotopic (exact) mass is 293 g/mol. The number of hydrogen-bond donors (Lipinski definition) is 1. The topological polar surface area (TPSA) is 40.5 Å². The number of hydrogen-bond acceptors (Lipinski definition) is 3. The van der Waals surface area contributed by atoms with E-state index in [0.717, 1.165) is 32.0 Å². The molecule has 1 fully saturated rings. The Morgan fingerprint density at radius 1 is 1.38 bits per heavy atom. The lowest BCUT2D eigenvalue weighted by Gasteiger charge is -2.39. The van der Waals surface area contributed by atoms with E-state index in [1.165, 1.54) is 19.4 Å². The van der Waals surface area contributed by atoms with Gasteiger partial charge in [-0.15, -0.1) is 0 Å². The van der Waals surface area contributed by atoms with Crippen LogP contribution in [-0.4, -0.2) is 28.9 Å². The van der Waals surface area contributed by atoms with Crippen molar-refractivity contribution in [3.63, 3.8) is 0 Å². The Morgan fingerprint density at radius 3 is 2.52 bits per heavy atom. The average Bonchev–Trinajstić information content (AvgIpc) is 2.45. The van der Waals surface area contributed by atoms with E-state index in [1.807, 2.05) is 0 Å². The van der Waals surface area contributed by atoms with Crippen LogP contribution in [-0.2, 0) is 6.54 Å². The Kier molecular flexibility index (Phi) is 4.67. The SMILES string of the molecule is CCC1(C)CCN(Cc2cc(F)cc(C(C)=O)c2O)CC1. The number of carbonyl (C=O) groups excluding carboxylic acids is 1. The van der Waals surface area contributed by atoms with Gasteiger partial charge in [0.2, 0.25) is 0 Å². The minimum Gasteiger partial charge on any atom is -0.507 e. The number of likely N-dealkylation sites (tertiary alicyclic amines) is 1. The molecule has 0 unspecified atom stereocenters. The van der Waals surface area contributed by atoms with Gasteiger partial charge in [-0.3, -0.25) is 9.69 Å². The predicted molar refractivity (Wildman–Crippen MR) is 81.0 cm³/mol. The highest BCUT2D eigenvalue weighted by Gasteiger charge is 2.28. The van der Waals surface area contributed by atoms with Gasteiger partial charge in [0.15, 0.2) is 5.78 Å². The summed E-state index contributed by atoms with van der Waals surface area (Å²) >= 11 is 0. The Bertz CT molecular complexity index is 534. The molecule has 1 aliphatic rings. The van der Waals surface area contributed by atoms with E-state index in [2.05, 4.69) is 18.7 Å². The summed E-state index contributed by atoms with van der Waals surface area (Å²) in [6.07, 6.45) is 3.39. The van der Waals surface area contributed by atoms with Crippen molar-refractivity contribution in [2.45, 2.75) is 46.6 Å². The first kappa shape index (κ1) is 16.0. The van der Waals surface area contributed by atoms with E-state index >= 15 is 0 Å². The summed E-state index contributed by atoms with van der Waals surface area (Å²) in [4.78, 5) is 13.7. The van der Waals surface area contributed by atoms with Crippen molar-refractivity contribution >= 4 is 5.78 Å². The minimum absolute atomic E-state index is 0.0698. The predicted octanol–water partition coefficient (Wildman–Crippen LogP) is 3.75. The van der Waals surface area contributed by atoms with Crippen molar-refractivity contribution in [3.05, 3.63) is 29.1 Å². The highest BCUT2D eigenvalue weighted by molar-refractivity contribution is 5.97. The van der Waals surface area contributed by atoms with Gasteiger partial charge in [0.25, 0.3) is 0 Å². The third-order valence-corrected chi connectivity index (χ3v) is 4.84. The molecule has 2 rings (SSSR count). The lowest BCUT2D eigenvalue weighted by molar-refractivity contribution is 0.101. The molecule has 0 aliphatic carbocycles. The average molecular weight is 293 g/mol. The van der Waals surface area contributed by atoms with Crippen LogP contribution in [0.1, 0.15) is 56.0 Å². The van der Waals surface area contributed by atoms with Gasteiger partial charge in [-0.2, -0.15) is 0 Å². The second-order valence-corrected chi connectivity index (χ2v) is 6.46. The fourth-order valence-corrected chi connectivity index (χ4v) is 2.89. The fourth-order valence-electron chi connectivity index (χ4n) is 2.89. The summed E-state index contributed by atoms with van der Waals surface area (Å²) in [5, 5.41) is 10.1. The van der Waals surface area contributed by atoms with Gasteiger partial charge in [0.05, 0.1) is 5.56 Å². The van der Waals surface area contributed by atoms with Crippen molar-refractivity contribution in [1.29, 1.82) is 0 Å². The van der Waals surface area contributed by atoms with Crippen molar-refractivity contribution in [2.75, 3.05) is 13.1 Å². The summed E-state index contributed by atoms with van der Waals surface area (Å²) in [6.45, 7) is 8.23. The molecule has 0 bridgehead atoms. The van der Waals surface area contributed by atoms with Crippen LogP contribution in [0.25, 0.3) is 0 Å². The first-order valence-electron chi connectivity index (χ1n) is 7.59. The van der Waals surface area contributed by atoms with Crippen LogP contribution in [0.2, 0.25) is 0 Å². The van der Waals surface area contributed by atoms with E-state index in [1.54, 1.807) is 0 Å². The maximum Gasteiger partial charge on any atom is 0.163 e. The molecule has 116 valence electrons. The Morgan fingerprint density at radius 2 is 2.00 bits per heavy atom. The molecule has 1 saturated heterocycles. The molecule has 21 heavy (non-hydrogen) atoms. The van der Waals surface area contributed by atoms with Crippen LogP contribution in [0.15, 0.2) is 12.1 Å². The molecule has 1 N–H and O–H groups in total. The van der Waals surface area contributed by atoms with Crippen molar-refractivity contribution in [1.82, 2.24) is 4.90 Å². The molecule has 3 nitrogen and oxygen atoms in total. The van der Waals surface area contributed by atoms with E-state index in [9.17, 15) is 14.3 Å². The van der Waals surface area contributed by atoms with Crippen LogP contribution >= 0.6 is 0 Å².